The molecule has 2 nitrogen and oxygen atoms in total. The number of aryl methyl sites for hydroxylation is 1. The molecule has 0 aliphatic carbocycles. The summed E-state index contributed by atoms with van der Waals surface area (Å²) in [5.41, 5.74) is 7.46. The van der Waals surface area contributed by atoms with Crippen molar-refractivity contribution >= 4 is 0 Å². The lowest BCUT2D eigenvalue weighted by atomic mass is 9.90. The van der Waals surface area contributed by atoms with Gasteiger partial charge in [-0.2, -0.15) is 0 Å². The van der Waals surface area contributed by atoms with Crippen LogP contribution in [0.1, 0.15) is 38.7 Å². The molecule has 106 valence electrons. The zero-order valence-electron chi connectivity index (χ0n) is 12.4. The van der Waals surface area contributed by atoms with E-state index in [9.17, 15) is 0 Å². The van der Waals surface area contributed by atoms with Crippen LogP contribution in [0, 0.1) is 5.92 Å². The van der Waals surface area contributed by atoms with Crippen LogP contribution in [0.3, 0.4) is 0 Å². The van der Waals surface area contributed by atoms with E-state index >= 15 is 0 Å². The molecule has 0 saturated carbocycles. The lowest BCUT2D eigenvalue weighted by Gasteiger charge is -2.37. The molecule has 2 heteroatoms. The van der Waals surface area contributed by atoms with Crippen molar-refractivity contribution < 1.29 is 0 Å². The van der Waals surface area contributed by atoms with Crippen LogP contribution in [-0.2, 0) is 6.42 Å². The maximum Gasteiger partial charge on any atom is 0.00700 e. The summed E-state index contributed by atoms with van der Waals surface area (Å²) >= 11 is 0. The maximum atomic E-state index is 6.00. The first kappa shape index (κ1) is 14.5. The molecular weight excluding hydrogens is 232 g/mol. The SMILES string of the molecule is CC(N)C1CCN(C(C)CCc2ccccc2)CC1. The Kier molecular flexibility index (Phi) is 5.41. The summed E-state index contributed by atoms with van der Waals surface area (Å²) < 4.78 is 0. The van der Waals surface area contributed by atoms with Gasteiger partial charge in [0.25, 0.3) is 0 Å². The zero-order chi connectivity index (χ0) is 13.7. The Labute approximate surface area is 118 Å². The molecule has 1 aliphatic heterocycles. The third kappa shape index (κ3) is 4.32. The first-order chi connectivity index (χ1) is 9.16. The molecule has 1 aromatic carbocycles. The Morgan fingerprint density at radius 2 is 1.79 bits per heavy atom. The van der Waals surface area contributed by atoms with Crippen LogP contribution in [0.15, 0.2) is 30.3 Å². The van der Waals surface area contributed by atoms with E-state index in [0.29, 0.717) is 12.1 Å². The fourth-order valence-corrected chi connectivity index (χ4v) is 3.09. The number of benzene rings is 1. The average Bonchev–Trinajstić information content (AvgIpc) is 2.46. The Morgan fingerprint density at radius 1 is 1.16 bits per heavy atom. The van der Waals surface area contributed by atoms with E-state index in [2.05, 4.69) is 49.1 Å². The van der Waals surface area contributed by atoms with Crippen molar-refractivity contribution in [1.29, 1.82) is 0 Å². The molecule has 0 bridgehead atoms. The minimum absolute atomic E-state index is 0.363. The van der Waals surface area contributed by atoms with Crippen LogP contribution in [-0.4, -0.2) is 30.1 Å². The molecule has 1 fully saturated rings. The van der Waals surface area contributed by atoms with E-state index in [1.807, 2.05) is 0 Å². The van der Waals surface area contributed by atoms with Gasteiger partial charge in [0.1, 0.15) is 0 Å². The summed E-state index contributed by atoms with van der Waals surface area (Å²) in [5.74, 6) is 0.734. The van der Waals surface area contributed by atoms with Gasteiger partial charge < -0.3 is 10.6 Å². The Hall–Kier alpha value is -0.860. The van der Waals surface area contributed by atoms with Crippen LogP contribution < -0.4 is 5.73 Å². The molecule has 1 heterocycles. The van der Waals surface area contributed by atoms with Gasteiger partial charge in [-0.1, -0.05) is 30.3 Å². The number of nitrogens with zero attached hydrogens (tertiary/aromatic N) is 1. The van der Waals surface area contributed by atoms with E-state index < -0.39 is 0 Å². The van der Waals surface area contributed by atoms with Gasteiger partial charge >= 0.3 is 0 Å². The quantitative estimate of drug-likeness (QED) is 0.881. The molecule has 2 atom stereocenters. The van der Waals surface area contributed by atoms with E-state index in [1.165, 1.54) is 44.3 Å². The predicted octanol–water partition coefficient (Wildman–Crippen LogP) is 3.07. The second-order valence-electron chi connectivity index (χ2n) is 6.11. The van der Waals surface area contributed by atoms with Gasteiger partial charge in [0.05, 0.1) is 0 Å². The summed E-state index contributed by atoms with van der Waals surface area (Å²) in [6.45, 7) is 6.97. The fraction of sp³-hybridized carbons (Fsp3) is 0.647. The molecule has 2 N–H and O–H groups in total. The second kappa shape index (κ2) is 7.06. The normalized spacial score (nSPS) is 21.2. The highest BCUT2D eigenvalue weighted by atomic mass is 15.2. The summed E-state index contributed by atoms with van der Waals surface area (Å²) in [5, 5.41) is 0. The van der Waals surface area contributed by atoms with E-state index in [4.69, 9.17) is 5.73 Å². The number of hydrogen-bond donors (Lipinski definition) is 1. The highest BCUT2D eigenvalue weighted by molar-refractivity contribution is 5.14. The topological polar surface area (TPSA) is 29.3 Å². The summed E-state index contributed by atoms with van der Waals surface area (Å²) in [6, 6.07) is 11.9. The molecule has 1 saturated heterocycles. The highest BCUT2D eigenvalue weighted by Crippen LogP contribution is 2.22. The van der Waals surface area contributed by atoms with Crippen molar-refractivity contribution in [1.82, 2.24) is 4.90 Å². The van der Waals surface area contributed by atoms with Crippen LogP contribution in [0.25, 0.3) is 0 Å². The number of rotatable bonds is 5. The number of likely N-dealkylation sites (tertiary alicyclic amines) is 1. The van der Waals surface area contributed by atoms with Crippen molar-refractivity contribution in [3.8, 4) is 0 Å². The molecule has 0 amide bonds. The van der Waals surface area contributed by atoms with E-state index in [0.717, 1.165) is 5.92 Å². The van der Waals surface area contributed by atoms with Gasteiger partial charge in [-0.05, 0) is 64.1 Å². The van der Waals surface area contributed by atoms with Gasteiger partial charge in [0.15, 0.2) is 0 Å². The summed E-state index contributed by atoms with van der Waals surface area (Å²) in [7, 11) is 0. The first-order valence-electron chi connectivity index (χ1n) is 7.70. The van der Waals surface area contributed by atoms with Crippen molar-refractivity contribution in [2.75, 3.05) is 13.1 Å². The fourth-order valence-electron chi connectivity index (χ4n) is 3.09. The summed E-state index contributed by atoms with van der Waals surface area (Å²) in [6.07, 6.45) is 4.99. The second-order valence-corrected chi connectivity index (χ2v) is 6.11. The van der Waals surface area contributed by atoms with Crippen LogP contribution in [0.2, 0.25) is 0 Å². The molecule has 19 heavy (non-hydrogen) atoms. The predicted molar refractivity (Wildman–Crippen MR) is 82.2 cm³/mol. The highest BCUT2D eigenvalue weighted by Gasteiger charge is 2.24. The third-order valence-electron chi connectivity index (χ3n) is 4.63. The minimum Gasteiger partial charge on any atom is -0.328 e. The molecule has 0 spiro atoms. The molecule has 0 radical (unpaired) electrons. The third-order valence-corrected chi connectivity index (χ3v) is 4.63. The number of nitrogens with two attached hydrogens (primary N) is 1. The van der Waals surface area contributed by atoms with Crippen LogP contribution >= 0.6 is 0 Å². The lowest BCUT2D eigenvalue weighted by Crippen LogP contribution is -2.43. The van der Waals surface area contributed by atoms with E-state index in [-0.39, 0.29) is 0 Å². The van der Waals surface area contributed by atoms with Gasteiger partial charge in [0, 0.05) is 12.1 Å². The maximum absolute atomic E-state index is 6.00. The Bertz CT molecular complexity index is 353. The standard InChI is InChI=1S/C17H28N2/c1-14(8-9-16-6-4-3-5-7-16)19-12-10-17(11-13-19)15(2)18/h3-7,14-15,17H,8-13,18H2,1-2H3. The number of piperidine rings is 1. The lowest BCUT2D eigenvalue weighted by molar-refractivity contribution is 0.127. The summed E-state index contributed by atoms with van der Waals surface area (Å²) in [4.78, 5) is 2.64. The molecular formula is C17H28N2. The zero-order valence-corrected chi connectivity index (χ0v) is 12.4. The van der Waals surface area contributed by atoms with Crippen molar-refractivity contribution in [3.63, 3.8) is 0 Å². The van der Waals surface area contributed by atoms with E-state index in [1.54, 1.807) is 0 Å². The number of hydrogen-bond acceptors (Lipinski definition) is 2. The van der Waals surface area contributed by atoms with Crippen LogP contribution in [0.5, 0.6) is 0 Å². The Balaban J connectivity index is 1.74. The van der Waals surface area contributed by atoms with Crippen LogP contribution in [0.4, 0.5) is 0 Å². The smallest absolute Gasteiger partial charge is 0.00700 e. The van der Waals surface area contributed by atoms with Gasteiger partial charge in [-0.3, -0.25) is 0 Å². The molecule has 0 aromatic heterocycles. The molecule has 1 aliphatic rings. The Morgan fingerprint density at radius 3 is 2.37 bits per heavy atom. The minimum atomic E-state index is 0.363. The van der Waals surface area contributed by atoms with Crippen molar-refractivity contribution in [3.05, 3.63) is 35.9 Å². The monoisotopic (exact) mass is 260 g/mol. The van der Waals surface area contributed by atoms with Gasteiger partial charge in [-0.15, -0.1) is 0 Å². The largest absolute Gasteiger partial charge is 0.328 e. The molecule has 2 unspecified atom stereocenters. The molecule has 2 rings (SSSR count). The van der Waals surface area contributed by atoms with Crippen molar-refractivity contribution in [2.24, 2.45) is 11.7 Å². The van der Waals surface area contributed by atoms with Gasteiger partial charge in [-0.25, -0.2) is 0 Å². The van der Waals surface area contributed by atoms with Crippen molar-refractivity contribution in [2.45, 2.75) is 51.6 Å². The first-order valence-corrected chi connectivity index (χ1v) is 7.70. The molecule has 1 aromatic rings. The average molecular weight is 260 g/mol. The van der Waals surface area contributed by atoms with Gasteiger partial charge in [0.2, 0.25) is 0 Å².